The van der Waals surface area contributed by atoms with E-state index in [4.69, 9.17) is 15.8 Å². The van der Waals surface area contributed by atoms with Crippen LogP contribution in [0.5, 0.6) is 0 Å². The van der Waals surface area contributed by atoms with Crippen LogP contribution < -0.4 is 5.73 Å². The van der Waals surface area contributed by atoms with E-state index in [1.807, 2.05) is 42.5 Å². The van der Waals surface area contributed by atoms with Crippen molar-refractivity contribution in [2.45, 2.75) is 6.54 Å². The third kappa shape index (κ3) is 3.50. The lowest BCUT2D eigenvalue weighted by Crippen LogP contribution is -2.08. The Hall–Kier alpha value is -4.05. The predicted octanol–water partition coefficient (Wildman–Crippen LogP) is 3.75. The van der Waals surface area contributed by atoms with Crippen molar-refractivity contribution in [2.75, 3.05) is 5.73 Å². The van der Waals surface area contributed by atoms with E-state index in [9.17, 15) is 4.79 Å². The molecule has 0 aliphatic heterocycles. The van der Waals surface area contributed by atoms with Gasteiger partial charge in [0.2, 0.25) is 0 Å². The normalized spacial score (nSPS) is 11.2. The third-order valence-electron chi connectivity index (χ3n) is 4.97. The molecule has 3 N–H and O–H groups in total. The molecular formula is C22H16BrN7O2. The van der Waals surface area contributed by atoms with Gasteiger partial charge in [-0.2, -0.15) is 14.7 Å². The van der Waals surface area contributed by atoms with Gasteiger partial charge in [-0.3, -0.25) is 14.5 Å². The van der Waals surface area contributed by atoms with Gasteiger partial charge in [0.05, 0.1) is 28.3 Å². The van der Waals surface area contributed by atoms with Crippen LogP contribution in [0.4, 0.5) is 5.82 Å². The summed E-state index contributed by atoms with van der Waals surface area (Å²) < 4.78 is 3.43. The third-order valence-corrected chi connectivity index (χ3v) is 5.75. The van der Waals surface area contributed by atoms with Gasteiger partial charge >= 0.3 is 5.97 Å². The lowest BCUT2D eigenvalue weighted by Gasteiger charge is -2.08. The molecule has 0 atom stereocenters. The van der Waals surface area contributed by atoms with Gasteiger partial charge in [-0.25, -0.2) is 4.98 Å². The highest BCUT2D eigenvalue weighted by Gasteiger charge is 2.19. The van der Waals surface area contributed by atoms with Crippen LogP contribution >= 0.6 is 15.9 Å². The number of rotatable bonds is 5. The van der Waals surface area contributed by atoms with E-state index < -0.39 is 5.97 Å². The molecule has 0 spiro atoms. The molecular weight excluding hydrogens is 474 g/mol. The second kappa shape index (κ2) is 7.89. The number of hydrogen-bond acceptors (Lipinski definition) is 6. The molecule has 0 aliphatic carbocycles. The molecule has 0 saturated carbocycles. The van der Waals surface area contributed by atoms with Crippen molar-refractivity contribution < 1.29 is 9.90 Å². The molecule has 10 heteroatoms. The van der Waals surface area contributed by atoms with Gasteiger partial charge in [0.25, 0.3) is 0 Å². The minimum atomic E-state index is -0.980. The summed E-state index contributed by atoms with van der Waals surface area (Å²) in [6.45, 7) is -0.243. The SMILES string of the molecule is Nc1c(Br)c(-c2cnn(CC(=O)O)c2)nc2c(-c3ccc(-c4ccccc4)nc3)cnn12. The van der Waals surface area contributed by atoms with Gasteiger partial charge in [0.15, 0.2) is 5.65 Å². The molecule has 0 bridgehead atoms. The van der Waals surface area contributed by atoms with E-state index in [0.29, 0.717) is 27.2 Å². The zero-order valence-electron chi connectivity index (χ0n) is 16.6. The highest BCUT2D eigenvalue weighted by molar-refractivity contribution is 9.10. The van der Waals surface area contributed by atoms with Gasteiger partial charge in [0.1, 0.15) is 12.4 Å². The van der Waals surface area contributed by atoms with Crippen molar-refractivity contribution in [2.24, 2.45) is 0 Å². The largest absolute Gasteiger partial charge is 0.480 e. The molecule has 32 heavy (non-hydrogen) atoms. The van der Waals surface area contributed by atoms with Gasteiger partial charge in [0, 0.05) is 34.6 Å². The zero-order valence-corrected chi connectivity index (χ0v) is 18.1. The Morgan fingerprint density at radius 3 is 2.53 bits per heavy atom. The Bertz CT molecular complexity index is 1440. The number of carboxylic acids is 1. The van der Waals surface area contributed by atoms with Crippen LogP contribution in [0.25, 0.3) is 39.3 Å². The molecule has 158 valence electrons. The van der Waals surface area contributed by atoms with Crippen LogP contribution in [0.15, 0.2) is 71.7 Å². The Balaban J connectivity index is 1.58. The molecule has 1 aromatic carbocycles. The quantitative estimate of drug-likeness (QED) is 0.385. The standard InChI is InChI=1S/C22H16BrN7O2/c23-19-20(15-9-26-29(11-15)12-18(31)32)28-22-16(10-27-30(22)21(19)24)14-6-7-17(25-8-14)13-4-2-1-3-5-13/h1-11H,12,24H2,(H,31,32). The summed E-state index contributed by atoms with van der Waals surface area (Å²) in [7, 11) is 0. The van der Waals surface area contributed by atoms with Crippen LogP contribution in [0, 0.1) is 0 Å². The lowest BCUT2D eigenvalue weighted by molar-refractivity contribution is -0.137. The van der Waals surface area contributed by atoms with Crippen LogP contribution in [0.2, 0.25) is 0 Å². The fourth-order valence-corrected chi connectivity index (χ4v) is 3.92. The van der Waals surface area contributed by atoms with E-state index in [2.05, 4.69) is 31.1 Å². The fourth-order valence-electron chi connectivity index (χ4n) is 3.43. The second-order valence-corrected chi connectivity index (χ2v) is 7.86. The molecule has 4 heterocycles. The highest BCUT2D eigenvalue weighted by Crippen LogP contribution is 2.34. The summed E-state index contributed by atoms with van der Waals surface area (Å²) in [6, 6.07) is 13.8. The smallest absolute Gasteiger partial charge is 0.325 e. The number of aromatic nitrogens is 6. The van der Waals surface area contributed by atoms with E-state index in [1.165, 1.54) is 4.68 Å². The van der Waals surface area contributed by atoms with Crippen molar-refractivity contribution in [3.63, 3.8) is 0 Å². The average Bonchev–Trinajstić information content (AvgIpc) is 3.43. The Labute approximate surface area is 190 Å². The van der Waals surface area contributed by atoms with E-state index in [0.717, 1.165) is 22.4 Å². The van der Waals surface area contributed by atoms with Gasteiger partial charge in [-0.15, -0.1) is 0 Å². The summed E-state index contributed by atoms with van der Waals surface area (Å²) in [5.41, 5.74) is 11.6. The number of hydrogen-bond donors (Lipinski definition) is 2. The molecule has 5 aromatic rings. The zero-order chi connectivity index (χ0) is 22.2. The highest BCUT2D eigenvalue weighted by atomic mass is 79.9. The van der Waals surface area contributed by atoms with Gasteiger partial charge in [-0.1, -0.05) is 36.4 Å². The maximum atomic E-state index is 11.0. The number of nitrogens with two attached hydrogens (primary N) is 1. The topological polar surface area (TPSA) is 124 Å². The number of fused-ring (bicyclic) bond motifs is 1. The second-order valence-electron chi connectivity index (χ2n) is 7.07. The Morgan fingerprint density at radius 1 is 1.00 bits per heavy atom. The first-order valence-corrected chi connectivity index (χ1v) is 10.4. The van der Waals surface area contributed by atoms with Gasteiger partial charge < -0.3 is 10.8 Å². The van der Waals surface area contributed by atoms with Crippen LogP contribution in [-0.4, -0.2) is 40.4 Å². The van der Waals surface area contributed by atoms with Crippen molar-refractivity contribution in [1.82, 2.24) is 29.4 Å². The fraction of sp³-hybridized carbons (Fsp3) is 0.0455. The van der Waals surface area contributed by atoms with Crippen molar-refractivity contribution in [1.29, 1.82) is 0 Å². The number of carbonyl (C=O) groups is 1. The number of halogens is 1. The minimum absolute atomic E-state index is 0.243. The van der Waals surface area contributed by atoms with Crippen molar-refractivity contribution >= 4 is 33.4 Å². The van der Waals surface area contributed by atoms with Crippen LogP contribution in [0.1, 0.15) is 0 Å². The summed E-state index contributed by atoms with van der Waals surface area (Å²) in [4.78, 5) is 20.3. The number of benzene rings is 1. The Morgan fingerprint density at radius 2 is 1.81 bits per heavy atom. The van der Waals surface area contributed by atoms with Crippen molar-refractivity contribution in [3.05, 3.63) is 71.7 Å². The van der Waals surface area contributed by atoms with Crippen LogP contribution in [0.3, 0.4) is 0 Å². The molecule has 5 rings (SSSR count). The molecule has 0 radical (unpaired) electrons. The molecule has 0 unspecified atom stereocenters. The first-order chi connectivity index (χ1) is 15.5. The Kier molecular flexibility index (Phi) is 4.91. The molecule has 9 nitrogen and oxygen atoms in total. The lowest BCUT2D eigenvalue weighted by atomic mass is 10.1. The van der Waals surface area contributed by atoms with E-state index >= 15 is 0 Å². The van der Waals surface area contributed by atoms with Gasteiger partial charge in [-0.05, 0) is 22.0 Å². The molecule has 0 saturated heterocycles. The first kappa shape index (κ1) is 19.9. The summed E-state index contributed by atoms with van der Waals surface area (Å²) in [6.07, 6.45) is 6.65. The molecule has 0 amide bonds. The maximum absolute atomic E-state index is 11.0. The minimum Gasteiger partial charge on any atom is -0.480 e. The summed E-state index contributed by atoms with van der Waals surface area (Å²) in [5.74, 6) is -0.609. The monoisotopic (exact) mass is 489 g/mol. The summed E-state index contributed by atoms with van der Waals surface area (Å²) >= 11 is 3.49. The number of carboxylic acid groups (broad SMARTS) is 1. The van der Waals surface area contributed by atoms with Crippen LogP contribution in [-0.2, 0) is 11.3 Å². The van der Waals surface area contributed by atoms with E-state index in [-0.39, 0.29) is 6.54 Å². The maximum Gasteiger partial charge on any atom is 0.325 e. The average molecular weight is 490 g/mol. The molecule has 0 aliphatic rings. The number of nitrogen functional groups attached to an aromatic ring is 1. The number of anilines is 1. The molecule has 4 aromatic heterocycles. The number of pyridine rings is 1. The van der Waals surface area contributed by atoms with E-state index in [1.54, 1.807) is 29.3 Å². The first-order valence-electron chi connectivity index (χ1n) is 9.60. The number of aliphatic carboxylic acids is 1. The predicted molar refractivity (Wildman–Crippen MR) is 123 cm³/mol. The van der Waals surface area contributed by atoms with Crippen molar-refractivity contribution in [3.8, 4) is 33.6 Å². The number of nitrogens with zero attached hydrogens (tertiary/aromatic N) is 6. The molecule has 0 fully saturated rings. The summed E-state index contributed by atoms with van der Waals surface area (Å²) in [5, 5.41) is 17.5.